The SMILES string of the molecule is CO[C@H]1[C@@H](OC)[C@H](OC[C@H](C)[C@H]2OC(=O)[C@H](C)[C@@H](O[C@H]3C[C@@](C)(OC(C)=O)[C@@H](OC(C)=O)[C@H](C)O3)[C@H](C)C[C@@H](C)C[C@](C)(O)C(=O)[C@H](C)[C@H](OC(=O)CC(C)C)[C@H]2C)O[C@H](C)[C@H]1OC(C)=O. The molecular formula is C48H80O18. The summed E-state index contributed by atoms with van der Waals surface area (Å²) < 4.78 is 66.6. The fourth-order valence-corrected chi connectivity index (χ4v) is 10.2. The van der Waals surface area contributed by atoms with Crippen LogP contribution in [0.5, 0.6) is 0 Å². The molecule has 0 saturated carbocycles. The van der Waals surface area contributed by atoms with Gasteiger partial charge in [-0.15, -0.1) is 0 Å². The number of methoxy groups -OCH3 is 2. The molecule has 1 N–H and O–H groups in total. The van der Waals surface area contributed by atoms with E-state index in [0.717, 1.165) is 0 Å². The lowest BCUT2D eigenvalue weighted by molar-refractivity contribution is -0.307. The van der Waals surface area contributed by atoms with Crippen molar-refractivity contribution in [1.82, 2.24) is 0 Å². The normalized spacial score (nSPS) is 40.0. The minimum absolute atomic E-state index is 0.0492. The molecule has 18 nitrogen and oxygen atoms in total. The van der Waals surface area contributed by atoms with Gasteiger partial charge in [-0.3, -0.25) is 28.8 Å². The fraction of sp³-hybridized carbons (Fsp3) is 0.875. The number of ether oxygens (including phenoxy) is 11. The molecule has 3 aliphatic heterocycles. The van der Waals surface area contributed by atoms with Crippen LogP contribution < -0.4 is 0 Å². The van der Waals surface area contributed by atoms with E-state index in [9.17, 15) is 33.9 Å². The number of hydrogen-bond donors (Lipinski definition) is 1. The minimum atomic E-state index is -1.85. The highest BCUT2D eigenvalue weighted by Gasteiger charge is 2.53. The van der Waals surface area contributed by atoms with Crippen LogP contribution >= 0.6 is 0 Å². The smallest absolute Gasteiger partial charge is 0.311 e. The van der Waals surface area contributed by atoms with Gasteiger partial charge in [-0.05, 0) is 65.2 Å². The molecule has 0 unspecified atom stereocenters. The first-order chi connectivity index (χ1) is 30.6. The number of ketones is 1. The maximum absolute atomic E-state index is 14.8. The molecule has 3 heterocycles. The average molecular weight is 945 g/mol. The number of rotatable bonds is 14. The van der Waals surface area contributed by atoms with Crippen LogP contribution in [0.3, 0.4) is 0 Å². The molecule has 19 atom stereocenters. The van der Waals surface area contributed by atoms with E-state index < -0.39 is 144 Å². The molecule has 18 heteroatoms. The van der Waals surface area contributed by atoms with Crippen LogP contribution in [0.1, 0.15) is 130 Å². The third-order valence-electron chi connectivity index (χ3n) is 13.1. The first-order valence-electron chi connectivity index (χ1n) is 23.4. The Morgan fingerprint density at radius 1 is 0.742 bits per heavy atom. The van der Waals surface area contributed by atoms with Crippen molar-refractivity contribution in [3.05, 3.63) is 0 Å². The quantitative estimate of drug-likeness (QED) is 0.173. The summed E-state index contributed by atoms with van der Waals surface area (Å²) in [4.78, 5) is 79.2. The van der Waals surface area contributed by atoms with Gasteiger partial charge in [0.15, 0.2) is 36.2 Å². The molecule has 3 rings (SSSR count). The standard InChI is InChI=1S/C48H80O18/c1-23(2)18-35(52)63-39-27(6)38(26(5)22-58-46-42(57-17)41(56-16)40(30(9)60-46)61-32(11)49)65-45(54)29(8)37(25(4)19-24(3)20-47(14,55)43(53)28(39)7)64-36-21-48(15,66-34(13)51)44(31(10)59-36)62-33(12)50/h23-31,36-42,44,46,55H,18-22H2,1-17H3/t24-,25-,26+,27+,28-,29-,30-,31+,36+,37+,38-,39-,40-,41-,42-,44+,46-,47+,48-/m1/s1. The van der Waals surface area contributed by atoms with Crippen molar-refractivity contribution >= 4 is 35.6 Å². The van der Waals surface area contributed by atoms with Gasteiger partial charge in [0.1, 0.15) is 30.0 Å². The second kappa shape index (κ2) is 24.3. The maximum Gasteiger partial charge on any atom is 0.311 e. The van der Waals surface area contributed by atoms with E-state index in [1.54, 1.807) is 48.5 Å². The van der Waals surface area contributed by atoms with Crippen LogP contribution in [0, 0.1) is 41.4 Å². The minimum Gasteiger partial charge on any atom is -0.461 e. The molecule has 0 spiro atoms. The van der Waals surface area contributed by atoms with Crippen molar-refractivity contribution in [2.24, 2.45) is 41.4 Å². The van der Waals surface area contributed by atoms with E-state index in [-0.39, 0.29) is 37.7 Å². The second-order valence-electron chi connectivity index (χ2n) is 20.1. The van der Waals surface area contributed by atoms with Crippen molar-refractivity contribution < 1.29 is 86.0 Å². The molecule has 0 amide bonds. The van der Waals surface area contributed by atoms with Gasteiger partial charge in [0, 0.05) is 59.7 Å². The Kier molecular flexibility index (Phi) is 21.0. The predicted octanol–water partition coefficient (Wildman–Crippen LogP) is 5.28. The Labute approximate surface area is 391 Å². The monoisotopic (exact) mass is 945 g/mol. The number of carbonyl (C=O) groups is 6. The number of cyclic esters (lactones) is 1. The fourth-order valence-electron chi connectivity index (χ4n) is 10.2. The highest BCUT2D eigenvalue weighted by atomic mass is 16.7. The Morgan fingerprint density at radius 2 is 1.35 bits per heavy atom. The maximum atomic E-state index is 14.8. The summed E-state index contributed by atoms with van der Waals surface area (Å²) in [5.41, 5.74) is -3.21. The van der Waals surface area contributed by atoms with E-state index in [0.29, 0.717) is 6.42 Å². The summed E-state index contributed by atoms with van der Waals surface area (Å²) >= 11 is 0. The molecule has 380 valence electrons. The Morgan fingerprint density at radius 3 is 1.89 bits per heavy atom. The van der Waals surface area contributed by atoms with Crippen molar-refractivity contribution in [2.45, 2.75) is 208 Å². The topological polar surface area (TPSA) is 224 Å². The Bertz CT molecular complexity index is 1650. The van der Waals surface area contributed by atoms with Crippen molar-refractivity contribution in [3.63, 3.8) is 0 Å². The van der Waals surface area contributed by atoms with Gasteiger partial charge < -0.3 is 57.2 Å². The average Bonchev–Trinajstić information content (AvgIpc) is 3.19. The van der Waals surface area contributed by atoms with Crippen LogP contribution in [0.2, 0.25) is 0 Å². The number of aliphatic hydroxyl groups is 1. The van der Waals surface area contributed by atoms with Crippen molar-refractivity contribution in [3.8, 4) is 0 Å². The number of esters is 5. The van der Waals surface area contributed by atoms with Crippen LogP contribution in [-0.2, 0) is 80.9 Å². The lowest BCUT2D eigenvalue weighted by atomic mass is 9.75. The molecule has 66 heavy (non-hydrogen) atoms. The Hall–Kier alpha value is -3.26. The molecule has 0 aromatic heterocycles. The molecular weight excluding hydrogens is 865 g/mol. The zero-order valence-electron chi connectivity index (χ0n) is 42.3. The molecule has 0 aromatic carbocycles. The van der Waals surface area contributed by atoms with Gasteiger partial charge in [0.25, 0.3) is 0 Å². The highest BCUT2D eigenvalue weighted by Crippen LogP contribution is 2.40. The summed E-state index contributed by atoms with van der Waals surface area (Å²) in [5.74, 6) is -7.74. The summed E-state index contributed by atoms with van der Waals surface area (Å²) in [7, 11) is 2.90. The van der Waals surface area contributed by atoms with Gasteiger partial charge in [-0.25, -0.2) is 0 Å². The summed E-state index contributed by atoms with van der Waals surface area (Å²) in [6, 6.07) is 0. The first-order valence-corrected chi connectivity index (χ1v) is 23.4. The van der Waals surface area contributed by atoms with E-state index in [1.807, 2.05) is 27.7 Å². The van der Waals surface area contributed by atoms with Gasteiger partial charge in [-0.2, -0.15) is 0 Å². The van der Waals surface area contributed by atoms with E-state index in [1.165, 1.54) is 41.9 Å². The number of Topliss-reactive ketones (excluding diaryl/α,β-unsaturated/α-hetero) is 1. The van der Waals surface area contributed by atoms with Gasteiger partial charge in [0.2, 0.25) is 0 Å². The number of hydrogen-bond acceptors (Lipinski definition) is 18. The molecule has 3 saturated heterocycles. The van der Waals surface area contributed by atoms with Crippen LogP contribution in [0.15, 0.2) is 0 Å². The van der Waals surface area contributed by atoms with Gasteiger partial charge in [0.05, 0.1) is 36.8 Å². The number of carbonyl (C=O) groups excluding carboxylic acids is 6. The lowest BCUT2D eigenvalue weighted by Gasteiger charge is -2.47. The zero-order chi connectivity index (χ0) is 50.2. The summed E-state index contributed by atoms with van der Waals surface area (Å²) in [5, 5.41) is 11.9. The Balaban J connectivity index is 2.12. The van der Waals surface area contributed by atoms with Crippen molar-refractivity contribution in [1.29, 1.82) is 0 Å². The molecule has 3 fully saturated rings. The van der Waals surface area contributed by atoms with Gasteiger partial charge in [-0.1, -0.05) is 48.5 Å². The third-order valence-corrected chi connectivity index (χ3v) is 13.1. The first kappa shape index (κ1) is 57.1. The summed E-state index contributed by atoms with van der Waals surface area (Å²) in [6.45, 7) is 24.5. The lowest BCUT2D eigenvalue weighted by Crippen LogP contribution is -2.60. The molecule has 0 aromatic rings. The predicted molar refractivity (Wildman–Crippen MR) is 236 cm³/mol. The third kappa shape index (κ3) is 14.9. The molecule has 0 aliphatic carbocycles. The van der Waals surface area contributed by atoms with Crippen LogP contribution in [-0.4, -0.2) is 140 Å². The molecule has 3 aliphatic rings. The van der Waals surface area contributed by atoms with E-state index in [4.69, 9.17) is 52.1 Å². The second-order valence-corrected chi connectivity index (χ2v) is 20.1. The zero-order valence-corrected chi connectivity index (χ0v) is 42.3. The largest absolute Gasteiger partial charge is 0.461 e. The highest BCUT2D eigenvalue weighted by molar-refractivity contribution is 5.89. The van der Waals surface area contributed by atoms with Crippen LogP contribution in [0.4, 0.5) is 0 Å². The molecule has 0 bridgehead atoms. The van der Waals surface area contributed by atoms with Crippen LogP contribution in [0.25, 0.3) is 0 Å². The molecule has 0 radical (unpaired) electrons. The van der Waals surface area contributed by atoms with E-state index >= 15 is 0 Å². The summed E-state index contributed by atoms with van der Waals surface area (Å²) in [6.07, 6.45) is -9.62. The van der Waals surface area contributed by atoms with Crippen molar-refractivity contribution in [2.75, 3.05) is 20.8 Å². The van der Waals surface area contributed by atoms with E-state index in [2.05, 4.69) is 0 Å². The van der Waals surface area contributed by atoms with Gasteiger partial charge >= 0.3 is 29.8 Å².